The topological polar surface area (TPSA) is 62.6 Å². The molecule has 0 atom stereocenters. The monoisotopic (exact) mass is 352 g/mol. The van der Waals surface area contributed by atoms with Gasteiger partial charge < -0.3 is 14.4 Å². The number of allylic oxidation sites excluding steroid dienone is 1. The average Bonchev–Trinajstić information content (AvgIpc) is 3.41. The third kappa shape index (κ3) is 3.10. The van der Waals surface area contributed by atoms with Crippen LogP contribution in [0.4, 0.5) is 0 Å². The molecule has 1 heterocycles. The number of Topliss-reactive ketones (excluding diaryl/α,β-unsaturated/α-hetero) is 1. The highest BCUT2D eigenvalue weighted by molar-refractivity contribution is 6.10. The van der Waals surface area contributed by atoms with Crippen molar-refractivity contribution in [1.82, 2.24) is 4.90 Å². The molecule has 0 aromatic heterocycles. The lowest BCUT2D eigenvalue weighted by Crippen LogP contribution is -2.36. The van der Waals surface area contributed by atoms with Crippen LogP contribution in [0, 0.1) is 16.7 Å². The Bertz CT molecular complexity index is 792. The first-order chi connectivity index (χ1) is 12.7. The predicted molar refractivity (Wildman–Crippen MR) is 97.5 cm³/mol. The minimum atomic E-state index is -0.0743. The van der Waals surface area contributed by atoms with Crippen molar-refractivity contribution in [3.8, 4) is 11.8 Å². The highest BCUT2D eigenvalue weighted by atomic mass is 16.5. The lowest BCUT2D eigenvalue weighted by atomic mass is 9.86. The van der Waals surface area contributed by atoms with Crippen molar-refractivity contribution >= 4 is 11.5 Å². The summed E-state index contributed by atoms with van der Waals surface area (Å²) in [5.74, 6) is 0.676. The number of nitrogens with zero attached hydrogens (tertiary/aromatic N) is 2. The number of fused-ring (bicyclic) bond motifs is 1. The Balaban J connectivity index is 1.66. The molecule has 2 fully saturated rings. The Morgan fingerprint density at radius 2 is 1.96 bits per heavy atom. The Kier molecular flexibility index (Phi) is 4.46. The summed E-state index contributed by atoms with van der Waals surface area (Å²) in [4.78, 5) is 14.8. The first-order valence-electron chi connectivity index (χ1n) is 9.33. The van der Waals surface area contributed by atoms with Gasteiger partial charge in [0.25, 0.3) is 0 Å². The molecule has 3 aliphatic rings. The second-order valence-corrected chi connectivity index (χ2v) is 7.58. The number of ketones is 1. The summed E-state index contributed by atoms with van der Waals surface area (Å²) in [6.07, 6.45) is 5.26. The number of carbonyl (C=O) groups excluding carboxylic acids is 1. The molecule has 26 heavy (non-hydrogen) atoms. The maximum atomic E-state index is 12.5. The van der Waals surface area contributed by atoms with Gasteiger partial charge >= 0.3 is 0 Å². The lowest BCUT2D eigenvalue weighted by molar-refractivity contribution is -0.114. The fraction of sp³-hybridized carbons (Fsp3) is 0.524. The van der Waals surface area contributed by atoms with Crippen LogP contribution in [0.1, 0.15) is 36.8 Å². The van der Waals surface area contributed by atoms with Crippen LogP contribution in [0.15, 0.2) is 23.8 Å². The molecule has 1 spiro atoms. The van der Waals surface area contributed by atoms with Gasteiger partial charge in [-0.15, -0.1) is 0 Å². The molecule has 1 aromatic carbocycles. The first kappa shape index (κ1) is 17.1. The van der Waals surface area contributed by atoms with E-state index in [4.69, 9.17) is 9.47 Å². The van der Waals surface area contributed by atoms with Crippen molar-refractivity contribution in [2.24, 2.45) is 5.41 Å². The normalized spacial score (nSPS) is 20.8. The summed E-state index contributed by atoms with van der Waals surface area (Å²) in [6, 6.07) is 8.00. The molecule has 1 saturated carbocycles. The zero-order chi connectivity index (χ0) is 18.1. The third-order valence-corrected chi connectivity index (χ3v) is 5.97. The van der Waals surface area contributed by atoms with E-state index in [0.29, 0.717) is 24.2 Å². The minimum absolute atomic E-state index is 0.0743. The molecule has 0 amide bonds. The zero-order valence-corrected chi connectivity index (χ0v) is 15.2. The van der Waals surface area contributed by atoms with E-state index in [2.05, 4.69) is 11.0 Å². The summed E-state index contributed by atoms with van der Waals surface area (Å²) in [7, 11) is 1.64. The van der Waals surface area contributed by atoms with Crippen LogP contribution in [-0.2, 0) is 16.0 Å². The number of hydrogen-bond donors (Lipinski definition) is 0. The van der Waals surface area contributed by atoms with Crippen molar-refractivity contribution in [1.29, 1.82) is 5.26 Å². The van der Waals surface area contributed by atoms with Gasteiger partial charge in [0, 0.05) is 32.2 Å². The van der Waals surface area contributed by atoms with Crippen molar-refractivity contribution in [2.45, 2.75) is 32.1 Å². The molecule has 5 nitrogen and oxygen atoms in total. The van der Waals surface area contributed by atoms with Crippen LogP contribution in [0.25, 0.3) is 5.70 Å². The summed E-state index contributed by atoms with van der Waals surface area (Å²) in [5.41, 5.74) is 3.62. The van der Waals surface area contributed by atoms with E-state index in [1.165, 1.54) is 12.8 Å². The fourth-order valence-electron chi connectivity index (χ4n) is 4.12. The number of methoxy groups -OCH3 is 1. The van der Waals surface area contributed by atoms with Gasteiger partial charge in [-0.1, -0.05) is 6.07 Å². The maximum Gasteiger partial charge on any atom is 0.179 e. The Hall–Kier alpha value is -2.32. The molecule has 4 rings (SSSR count). The summed E-state index contributed by atoms with van der Waals surface area (Å²) < 4.78 is 10.8. The highest BCUT2D eigenvalue weighted by Gasteiger charge is 2.45. The predicted octanol–water partition coefficient (Wildman–Crippen LogP) is 2.95. The number of nitriles is 1. The van der Waals surface area contributed by atoms with Crippen molar-refractivity contribution in [3.63, 3.8) is 0 Å². The molecule has 136 valence electrons. The maximum absolute atomic E-state index is 12.5. The Morgan fingerprint density at radius 1 is 1.19 bits per heavy atom. The third-order valence-electron chi connectivity index (χ3n) is 5.97. The van der Waals surface area contributed by atoms with Gasteiger partial charge in [0.2, 0.25) is 0 Å². The van der Waals surface area contributed by atoms with Gasteiger partial charge in [-0.25, -0.2) is 0 Å². The van der Waals surface area contributed by atoms with Crippen LogP contribution in [-0.4, -0.2) is 44.1 Å². The number of rotatable bonds is 5. The number of benzene rings is 1. The number of carbonyl (C=O) groups is 1. The molecular formula is C21H24N2O3. The van der Waals surface area contributed by atoms with Crippen LogP contribution >= 0.6 is 0 Å². The molecule has 0 N–H and O–H groups in total. The summed E-state index contributed by atoms with van der Waals surface area (Å²) in [6.45, 7) is 2.84. The molecular weight excluding hydrogens is 328 g/mol. The number of piperidine rings is 1. The van der Waals surface area contributed by atoms with Gasteiger partial charge in [0.05, 0.1) is 12.3 Å². The Labute approximate surface area is 154 Å². The SMILES string of the molecule is COCCOc1ccc2c(c1)C(N1CCC3(CC1)CC3)=C(C#N)C(=O)C2. The van der Waals surface area contributed by atoms with Crippen LogP contribution in [0.3, 0.4) is 0 Å². The van der Waals surface area contributed by atoms with Crippen molar-refractivity contribution in [2.75, 3.05) is 33.4 Å². The minimum Gasteiger partial charge on any atom is -0.491 e. The Morgan fingerprint density at radius 3 is 2.62 bits per heavy atom. The smallest absolute Gasteiger partial charge is 0.179 e. The average molecular weight is 352 g/mol. The van der Waals surface area contributed by atoms with E-state index in [-0.39, 0.29) is 12.2 Å². The standard InChI is InChI=1S/C21H24N2O3/c1-25-10-11-26-16-3-2-15-12-19(24)18(14-22)20(17(15)13-16)23-8-6-21(4-5-21)7-9-23/h2-3,13H,4-12H2,1H3. The molecule has 1 saturated heterocycles. The van der Waals surface area contributed by atoms with Gasteiger partial charge in [-0.3, -0.25) is 4.79 Å². The molecule has 1 aromatic rings. The highest BCUT2D eigenvalue weighted by Crippen LogP contribution is 2.54. The van der Waals surface area contributed by atoms with Gasteiger partial charge in [-0.05, 0) is 48.8 Å². The van der Waals surface area contributed by atoms with Gasteiger partial charge in [-0.2, -0.15) is 5.26 Å². The van der Waals surface area contributed by atoms with E-state index < -0.39 is 0 Å². The van der Waals surface area contributed by atoms with E-state index in [1.54, 1.807) is 7.11 Å². The summed E-state index contributed by atoms with van der Waals surface area (Å²) >= 11 is 0. The molecule has 2 aliphatic carbocycles. The molecule has 0 unspecified atom stereocenters. The second kappa shape index (κ2) is 6.77. The van der Waals surface area contributed by atoms with E-state index in [9.17, 15) is 10.1 Å². The van der Waals surface area contributed by atoms with Crippen molar-refractivity contribution in [3.05, 3.63) is 34.9 Å². The van der Waals surface area contributed by atoms with E-state index in [0.717, 1.165) is 48.5 Å². The fourth-order valence-corrected chi connectivity index (χ4v) is 4.12. The van der Waals surface area contributed by atoms with Crippen LogP contribution < -0.4 is 4.74 Å². The number of likely N-dealkylation sites (tertiary alicyclic amines) is 1. The number of ether oxygens (including phenoxy) is 2. The van der Waals surface area contributed by atoms with E-state index in [1.807, 2.05) is 18.2 Å². The summed E-state index contributed by atoms with van der Waals surface area (Å²) in [5, 5.41) is 9.64. The first-order valence-corrected chi connectivity index (χ1v) is 9.33. The lowest BCUT2D eigenvalue weighted by Gasteiger charge is -2.37. The molecule has 5 heteroatoms. The molecule has 1 aliphatic heterocycles. The second-order valence-electron chi connectivity index (χ2n) is 7.58. The largest absolute Gasteiger partial charge is 0.491 e. The van der Waals surface area contributed by atoms with Gasteiger partial charge in [0.15, 0.2) is 5.78 Å². The van der Waals surface area contributed by atoms with Crippen LogP contribution in [0.5, 0.6) is 5.75 Å². The quantitative estimate of drug-likeness (QED) is 0.763. The van der Waals surface area contributed by atoms with Crippen LogP contribution in [0.2, 0.25) is 0 Å². The van der Waals surface area contributed by atoms with E-state index >= 15 is 0 Å². The van der Waals surface area contributed by atoms with Gasteiger partial charge in [0.1, 0.15) is 24.0 Å². The zero-order valence-electron chi connectivity index (χ0n) is 15.2. The molecule has 0 bridgehead atoms. The van der Waals surface area contributed by atoms with Crippen molar-refractivity contribution < 1.29 is 14.3 Å². The number of hydrogen-bond acceptors (Lipinski definition) is 5. The molecule has 0 radical (unpaired) electrons.